The Balaban J connectivity index is 1.77. The monoisotopic (exact) mass is 454 g/mol. The molecule has 1 fully saturated rings. The Labute approximate surface area is 186 Å². The van der Waals surface area contributed by atoms with Crippen molar-refractivity contribution in [3.63, 3.8) is 0 Å². The van der Waals surface area contributed by atoms with Crippen LogP contribution in [0.2, 0.25) is 5.02 Å². The van der Waals surface area contributed by atoms with Crippen molar-refractivity contribution in [1.29, 1.82) is 5.26 Å². The topological polar surface area (TPSA) is 131 Å². The van der Waals surface area contributed by atoms with Crippen LogP contribution in [0.5, 0.6) is 0 Å². The summed E-state index contributed by atoms with van der Waals surface area (Å²) in [5.41, 5.74) is 0.0548. The molecule has 0 amide bonds. The molecule has 0 spiro atoms. The Bertz CT molecular complexity index is 1440. The summed E-state index contributed by atoms with van der Waals surface area (Å²) in [6.45, 7) is 0.459. The summed E-state index contributed by atoms with van der Waals surface area (Å²) in [5, 5.41) is 24.7. The summed E-state index contributed by atoms with van der Waals surface area (Å²) in [6.07, 6.45) is 4.35. The van der Waals surface area contributed by atoms with Crippen molar-refractivity contribution in [2.45, 2.75) is 37.8 Å². The van der Waals surface area contributed by atoms with Crippen molar-refractivity contribution in [2.75, 3.05) is 13.7 Å². The van der Waals surface area contributed by atoms with Crippen molar-refractivity contribution < 1.29 is 14.4 Å². The van der Waals surface area contributed by atoms with E-state index in [1.165, 1.54) is 18.0 Å². The zero-order chi connectivity index (χ0) is 22.5. The van der Waals surface area contributed by atoms with Gasteiger partial charge in [-0.15, -0.1) is 0 Å². The fourth-order valence-electron chi connectivity index (χ4n) is 4.34. The molecule has 4 aromatic rings. The van der Waals surface area contributed by atoms with Crippen molar-refractivity contribution in [1.82, 2.24) is 24.1 Å². The lowest BCUT2D eigenvalue weighted by Crippen LogP contribution is -2.25. The molecule has 1 N–H and O–H groups in total. The Morgan fingerprint density at radius 2 is 2.12 bits per heavy atom. The van der Waals surface area contributed by atoms with E-state index in [0.29, 0.717) is 23.9 Å². The third-order valence-electron chi connectivity index (χ3n) is 5.96. The van der Waals surface area contributed by atoms with Gasteiger partial charge in [0.25, 0.3) is 11.4 Å². The minimum absolute atomic E-state index is 0.0482. The first-order valence-electron chi connectivity index (χ1n) is 10.2. The summed E-state index contributed by atoms with van der Waals surface area (Å²) < 4.78 is 13.6. The zero-order valence-electron chi connectivity index (χ0n) is 17.2. The van der Waals surface area contributed by atoms with Crippen LogP contribution in [-0.4, -0.2) is 42.9 Å². The second-order valence-corrected chi connectivity index (χ2v) is 8.23. The molecule has 32 heavy (non-hydrogen) atoms. The Kier molecular flexibility index (Phi) is 4.97. The van der Waals surface area contributed by atoms with Crippen molar-refractivity contribution in [3.05, 3.63) is 45.2 Å². The van der Waals surface area contributed by atoms with Crippen LogP contribution in [0, 0.1) is 11.3 Å². The SMILES string of the molecule is COCCn1c(=O)c2c(-c3nc(C4(O)CCCC4)no3)ncn2c2ccc(Cl)c(C#N)c21. The molecule has 164 valence electrons. The second kappa shape index (κ2) is 7.70. The Morgan fingerprint density at radius 3 is 2.84 bits per heavy atom. The van der Waals surface area contributed by atoms with E-state index in [2.05, 4.69) is 21.2 Å². The van der Waals surface area contributed by atoms with E-state index in [1.54, 1.807) is 16.5 Å². The van der Waals surface area contributed by atoms with E-state index in [4.69, 9.17) is 20.9 Å². The molecule has 0 atom stereocenters. The normalized spacial score (nSPS) is 15.6. The summed E-state index contributed by atoms with van der Waals surface area (Å²) >= 11 is 6.24. The minimum Gasteiger partial charge on any atom is -0.383 e. The van der Waals surface area contributed by atoms with Gasteiger partial charge in [-0.25, -0.2) is 4.98 Å². The molecule has 0 saturated heterocycles. The van der Waals surface area contributed by atoms with E-state index < -0.39 is 11.2 Å². The molecule has 3 heterocycles. The standard InChI is InChI=1S/C21H19ClN6O4/c1-31-9-8-27-16-12(10-23)13(22)4-5-14(16)28-11-24-15(17(28)19(27)29)18-25-20(26-32-18)21(30)6-2-3-7-21/h4-5,11,30H,2-3,6-9H2,1H3. The highest BCUT2D eigenvalue weighted by Crippen LogP contribution is 2.38. The predicted molar refractivity (Wildman–Crippen MR) is 114 cm³/mol. The summed E-state index contributed by atoms with van der Waals surface area (Å²) in [5.74, 6) is 0.247. The largest absolute Gasteiger partial charge is 0.383 e. The number of hydrogen-bond acceptors (Lipinski definition) is 8. The predicted octanol–water partition coefficient (Wildman–Crippen LogP) is 2.63. The van der Waals surface area contributed by atoms with Gasteiger partial charge in [-0.05, 0) is 37.8 Å². The van der Waals surface area contributed by atoms with Gasteiger partial charge in [-0.2, -0.15) is 10.2 Å². The van der Waals surface area contributed by atoms with Crippen LogP contribution in [0.4, 0.5) is 0 Å². The number of aliphatic hydroxyl groups is 1. The first-order valence-corrected chi connectivity index (χ1v) is 10.5. The number of ether oxygens (including phenoxy) is 1. The molecule has 1 saturated carbocycles. The molecule has 0 unspecified atom stereocenters. The van der Waals surface area contributed by atoms with Gasteiger partial charge in [-0.3, -0.25) is 9.20 Å². The average Bonchev–Trinajstić information content (AvgIpc) is 3.53. The van der Waals surface area contributed by atoms with Crippen LogP contribution in [0.3, 0.4) is 0 Å². The molecule has 3 aromatic heterocycles. The summed E-state index contributed by atoms with van der Waals surface area (Å²) in [6, 6.07) is 5.42. The molecular formula is C21H19ClN6O4. The number of benzene rings is 1. The highest BCUT2D eigenvalue weighted by molar-refractivity contribution is 6.32. The maximum atomic E-state index is 13.6. The first kappa shape index (κ1) is 20.6. The highest BCUT2D eigenvalue weighted by Gasteiger charge is 2.38. The maximum Gasteiger partial charge on any atom is 0.279 e. The number of nitriles is 1. The van der Waals surface area contributed by atoms with Crippen LogP contribution in [-0.2, 0) is 16.9 Å². The third-order valence-corrected chi connectivity index (χ3v) is 6.27. The van der Waals surface area contributed by atoms with Crippen LogP contribution in [0.15, 0.2) is 27.8 Å². The number of fused-ring (bicyclic) bond motifs is 3. The first-order chi connectivity index (χ1) is 15.5. The van der Waals surface area contributed by atoms with Gasteiger partial charge in [0.05, 0.1) is 28.2 Å². The van der Waals surface area contributed by atoms with Gasteiger partial charge < -0.3 is 18.9 Å². The van der Waals surface area contributed by atoms with E-state index in [0.717, 1.165) is 12.8 Å². The lowest BCUT2D eigenvalue weighted by Gasteiger charge is -2.16. The molecule has 0 aliphatic heterocycles. The lowest BCUT2D eigenvalue weighted by atomic mass is 10.0. The lowest BCUT2D eigenvalue weighted by molar-refractivity contribution is 0.0328. The fourth-order valence-corrected chi connectivity index (χ4v) is 4.53. The molecule has 5 rings (SSSR count). The molecule has 0 radical (unpaired) electrons. The van der Waals surface area contributed by atoms with E-state index in [9.17, 15) is 15.2 Å². The van der Waals surface area contributed by atoms with Gasteiger partial charge >= 0.3 is 0 Å². The van der Waals surface area contributed by atoms with Gasteiger partial charge in [0.15, 0.2) is 5.69 Å². The molecule has 1 aromatic carbocycles. The number of methoxy groups -OCH3 is 1. The second-order valence-electron chi connectivity index (χ2n) is 7.83. The van der Waals surface area contributed by atoms with E-state index >= 15 is 0 Å². The van der Waals surface area contributed by atoms with Crippen LogP contribution in [0.25, 0.3) is 28.1 Å². The Morgan fingerprint density at radius 1 is 1.34 bits per heavy atom. The maximum absolute atomic E-state index is 13.6. The molecule has 0 bridgehead atoms. The number of aromatic nitrogens is 5. The van der Waals surface area contributed by atoms with E-state index in [-0.39, 0.29) is 46.7 Å². The number of imidazole rings is 1. The van der Waals surface area contributed by atoms with Crippen LogP contribution in [0.1, 0.15) is 37.1 Å². The fraction of sp³-hybridized carbons (Fsp3) is 0.381. The van der Waals surface area contributed by atoms with Gasteiger partial charge in [0.2, 0.25) is 5.82 Å². The average molecular weight is 455 g/mol. The van der Waals surface area contributed by atoms with E-state index in [1.807, 2.05) is 0 Å². The number of halogens is 1. The summed E-state index contributed by atoms with van der Waals surface area (Å²) in [4.78, 5) is 22.3. The zero-order valence-corrected chi connectivity index (χ0v) is 18.0. The van der Waals surface area contributed by atoms with Crippen LogP contribution < -0.4 is 5.56 Å². The molecule has 10 nitrogen and oxygen atoms in total. The highest BCUT2D eigenvalue weighted by atomic mass is 35.5. The number of rotatable bonds is 5. The Hall–Kier alpha value is -3.26. The van der Waals surface area contributed by atoms with Crippen molar-refractivity contribution in [2.24, 2.45) is 0 Å². The number of hydrogen-bond donors (Lipinski definition) is 1. The van der Waals surface area contributed by atoms with Gasteiger partial charge in [0.1, 0.15) is 23.5 Å². The molecule has 1 aliphatic carbocycles. The quantitative estimate of drug-likeness (QED) is 0.486. The van der Waals surface area contributed by atoms with Crippen molar-refractivity contribution >= 4 is 28.2 Å². The number of nitrogens with zero attached hydrogens (tertiary/aromatic N) is 6. The molecule has 11 heteroatoms. The smallest absolute Gasteiger partial charge is 0.279 e. The summed E-state index contributed by atoms with van der Waals surface area (Å²) in [7, 11) is 1.53. The third kappa shape index (κ3) is 3.01. The van der Waals surface area contributed by atoms with Gasteiger partial charge in [0, 0.05) is 13.7 Å². The van der Waals surface area contributed by atoms with Crippen molar-refractivity contribution in [3.8, 4) is 17.7 Å². The molecule has 1 aliphatic rings. The van der Waals surface area contributed by atoms with Crippen LogP contribution >= 0.6 is 11.6 Å². The molecular weight excluding hydrogens is 436 g/mol. The minimum atomic E-state index is -1.12. The van der Waals surface area contributed by atoms with Gasteiger partial charge in [-0.1, -0.05) is 16.8 Å².